The summed E-state index contributed by atoms with van der Waals surface area (Å²) in [5.41, 5.74) is 2.54. The van der Waals surface area contributed by atoms with E-state index in [2.05, 4.69) is 10.3 Å². The Morgan fingerprint density at radius 1 is 1.04 bits per heavy atom. The normalized spacial score (nSPS) is 10.3. The van der Waals surface area contributed by atoms with Crippen molar-refractivity contribution in [3.05, 3.63) is 47.8 Å². The molecule has 1 heterocycles. The average molecular weight is 370 g/mol. The molecule has 0 saturated carbocycles. The van der Waals surface area contributed by atoms with E-state index in [0.29, 0.717) is 11.5 Å². The minimum atomic E-state index is -0.342. The monoisotopic (exact) mass is 370 g/mol. The topological polar surface area (TPSA) is 69.7 Å². The van der Waals surface area contributed by atoms with Crippen LogP contribution in [0, 0.1) is 0 Å². The fraction of sp³-hybridized carbons (Fsp3) is 0.158. The number of benzene rings is 2. The number of nitrogens with zero attached hydrogens (tertiary/aromatic N) is 1. The first-order chi connectivity index (χ1) is 12.6. The Hall–Kier alpha value is -3.06. The molecule has 6 nitrogen and oxygen atoms in total. The minimum Gasteiger partial charge on any atom is -0.497 e. The number of aromatic nitrogens is 1. The van der Waals surface area contributed by atoms with Gasteiger partial charge in [-0.2, -0.15) is 0 Å². The summed E-state index contributed by atoms with van der Waals surface area (Å²) in [5.74, 6) is 1.60. The molecule has 7 heteroatoms. The van der Waals surface area contributed by atoms with Crippen LogP contribution >= 0.6 is 11.3 Å². The van der Waals surface area contributed by atoms with Crippen LogP contribution in [0.25, 0.3) is 11.3 Å². The lowest BCUT2D eigenvalue weighted by molar-refractivity contribution is -0.131. The highest BCUT2D eigenvalue weighted by Gasteiger charge is 2.10. The Labute approximate surface area is 155 Å². The molecule has 0 aliphatic carbocycles. The van der Waals surface area contributed by atoms with Gasteiger partial charge < -0.3 is 19.5 Å². The number of esters is 1. The van der Waals surface area contributed by atoms with Crippen molar-refractivity contribution in [2.45, 2.75) is 6.92 Å². The molecule has 0 spiro atoms. The van der Waals surface area contributed by atoms with Crippen LogP contribution in [0.4, 0.5) is 10.8 Å². The van der Waals surface area contributed by atoms with Gasteiger partial charge in [0.15, 0.2) is 5.13 Å². The SMILES string of the molecule is COc1ccc(OC)c(Nc2nc(-c3ccc(OC(C)=O)cc3)cs2)c1. The molecule has 1 N–H and O–H groups in total. The molecule has 0 atom stereocenters. The van der Waals surface area contributed by atoms with E-state index in [1.807, 2.05) is 35.7 Å². The zero-order valence-electron chi connectivity index (χ0n) is 14.6. The molecule has 26 heavy (non-hydrogen) atoms. The molecular weight excluding hydrogens is 352 g/mol. The van der Waals surface area contributed by atoms with Crippen LogP contribution in [-0.4, -0.2) is 25.2 Å². The molecule has 3 aromatic rings. The van der Waals surface area contributed by atoms with Crippen molar-refractivity contribution in [3.8, 4) is 28.5 Å². The third kappa shape index (κ3) is 4.12. The summed E-state index contributed by atoms with van der Waals surface area (Å²) < 4.78 is 15.7. The van der Waals surface area contributed by atoms with E-state index in [1.165, 1.54) is 18.3 Å². The number of anilines is 2. The third-order valence-electron chi connectivity index (χ3n) is 3.56. The molecular formula is C19H18N2O4S. The lowest BCUT2D eigenvalue weighted by atomic mass is 10.2. The minimum absolute atomic E-state index is 0.342. The number of hydrogen-bond donors (Lipinski definition) is 1. The predicted molar refractivity (Wildman–Crippen MR) is 102 cm³/mol. The maximum absolute atomic E-state index is 11.0. The summed E-state index contributed by atoms with van der Waals surface area (Å²) in [6.07, 6.45) is 0. The average Bonchev–Trinajstić information content (AvgIpc) is 3.10. The van der Waals surface area contributed by atoms with Crippen molar-refractivity contribution in [1.82, 2.24) is 4.98 Å². The number of thiazole rings is 1. The first-order valence-corrected chi connectivity index (χ1v) is 8.70. The Bertz CT molecular complexity index is 906. The van der Waals surface area contributed by atoms with Crippen LogP contribution in [0.5, 0.6) is 17.2 Å². The Morgan fingerprint density at radius 3 is 2.42 bits per heavy atom. The van der Waals surface area contributed by atoms with Crippen molar-refractivity contribution < 1.29 is 19.0 Å². The first kappa shape index (κ1) is 17.8. The molecule has 0 amide bonds. The highest BCUT2D eigenvalue weighted by atomic mass is 32.1. The lowest BCUT2D eigenvalue weighted by Gasteiger charge is -2.10. The largest absolute Gasteiger partial charge is 0.497 e. The number of carbonyl (C=O) groups excluding carboxylic acids is 1. The van der Waals surface area contributed by atoms with Gasteiger partial charge in [-0.1, -0.05) is 0 Å². The summed E-state index contributed by atoms with van der Waals surface area (Å²) in [7, 11) is 3.23. The fourth-order valence-corrected chi connectivity index (χ4v) is 3.08. The number of carbonyl (C=O) groups is 1. The molecule has 0 radical (unpaired) electrons. The predicted octanol–water partition coefficient (Wildman–Crippen LogP) is 4.50. The van der Waals surface area contributed by atoms with Gasteiger partial charge in [0.25, 0.3) is 0 Å². The number of rotatable bonds is 6. The van der Waals surface area contributed by atoms with E-state index in [9.17, 15) is 4.79 Å². The fourth-order valence-electron chi connectivity index (χ4n) is 2.35. The lowest BCUT2D eigenvalue weighted by Crippen LogP contribution is -2.00. The second kappa shape index (κ2) is 7.88. The molecule has 134 valence electrons. The van der Waals surface area contributed by atoms with E-state index in [0.717, 1.165) is 27.8 Å². The van der Waals surface area contributed by atoms with Crippen molar-refractivity contribution in [2.24, 2.45) is 0 Å². The standard InChI is InChI=1S/C19H18N2O4S/c1-12(22)25-14-6-4-13(5-7-14)17-11-26-19(21-17)20-16-10-15(23-2)8-9-18(16)24-3/h4-11H,1-3H3,(H,20,21). The van der Waals surface area contributed by atoms with Crippen LogP contribution in [0.1, 0.15) is 6.92 Å². The molecule has 0 fully saturated rings. The molecule has 0 aliphatic heterocycles. The molecule has 0 saturated heterocycles. The van der Waals surface area contributed by atoms with Crippen LogP contribution in [0.3, 0.4) is 0 Å². The summed E-state index contributed by atoms with van der Waals surface area (Å²) in [6.45, 7) is 1.37. The molecule has 1 aromatic heterocycles. The van der Waals surface area contributed by atoms with Gasteiger partial charge >= 0.3 is 5.97 Å². The van der Waals surface area contributed by atoms with Crippen LogP contribution in [0.2, 0.25) is 0 Å². The van der Waals surface area contributed by atoms with E-state index in [-0.39, 0.29) is 5.97 Å². The van der Waals surface area contributed by atoms with E-state index >= 15 is 0 Å². The van der Waals surface area contributed by atoms with E-state index in [1.54, 1.807) is 26.4 Å². The smallest absolute Gasteiger partial charge is 0.308 e. The van der Waals surface area contributed by atoms with Gasteiger partial charge in [-0.05, 0) is 36.4 Å². The van der Waals surface area contributed by atoms with Crippen LogP contribution in [0.15, 0.2) is 47.8 Å². The number of ether oxygens (including phenoxy) is 3. The molecule has 0 unspecified atom stereocenters. The zero-order valence-corrected chi connectivity index (χ0v) is 15.4. The quantitative estimate of drug-likeness (QED) is 0.509. The second-order valence-corrected chi connectivity index (χ2v) is 6.21. The third-order valence-corrected chi connectivity index (χ3v) is 4.32. The van der Waals surface area contributed by atoms with Crippen molar-refractivity contribution >= 4 is 28.1 Å². The van der Waals surface area contributed by atoms with Crippen molar-refractivity contribution in [3.63, 3.8) is 0 Å². The van der Waals surface area contributed by atoms with Gasteiger partial charge in [-0.25, -0.2) is 4.98 Å². The number of methoxy groups -OCH3 is 2. The zero-order chi connectivity index (χ0) is 18.5. The molecule has 0 aliphatic rings. The van der Waals surface area contributed by atoms with Crippen molar-refractivity contribution in [2.75, 3.05) is 19.5 Å². The maximum atomic E-state index is 11.0. The van der Waals surface area contributed by atoms with Gasteiger partial charge in [-0.15, -0.1) is 11.3 Å². The van der Waals surface area contributed by atoms with E-state index < -0.39 is 0 Å². The van der Waals surface area contributed by atoms with Gasteiger partial charge in [0.05, 0.1) is 25.6 Å². The highest BCUT2D eigenvalue weighted by Crippen LogP contribution is 2.34. The molecule has 3 rings (SSSR count). The highest BCUT2D eigenvalue weighted by molar-refractivity contribution is 7.14. The van der Waals surface area contributed by atoms with Gasteiger partial charge in [0.1, 0.15) is 17.2 Å². The number of nitrogens with one attached hydrogen (secondary N) is 1. The Morgan fingerprint density at radius 2 is 1.77 bits per heavy atom. The Kier molecular flexibility index (Phi) is 5.38. The maximum Gasteiger partial charge on any atom is 0.308 e. The second-order valence-electron chi connectivity index (χ2n) is 5.35. The molecule has 0 bridgehead atoms. The molecule has 2 aromatic carbocycles. The number of hydrogen-bond acceptors (Lipinski definition) is 7. The summed E-state index contributed by atoms with van der Waals surface area (Å²) in [5, 5.41) is 5.95. The summed E-state index contributed by atoms with van der Waals surface area (Å²) in [4.78, 5) is 15.6. The van der Waals surface area contributed by atoms with Crippen LogP contribution < -0.4 is 19.5 Å². The van der Waals surface area contributed by atoms with Gasteiger partial charge in [-0.3, -0.25) is 4.79 Å². The van der Waals surface area contributed by atoms with Gasteiger partial charge in [0, 0.05) is 23.9 Å². The summed E-state index contributed by atoms with van der Waals surface area (Å²) >= 11 is 1.48. The summed E-state index contributed by atoms with van der Waals surface area (Å²) in [6, 6.07) is 12.7. The van der Waals surface area contributed by atoms with Crippen molar-refractivity contribution in [1.29, 1.82) is 0 Å². The first-order valence-electron chi connectivity index (χ1n) is 7.82. The van der Waals surface area contributed by atoms with Crippen LogP contribution in [-0.2, 0) is 4.79 Å². The van der Waals surface area contributed by atoms with E-state index in [4.69, 9.17) is 14.2 Å². The van der Waals surface area contributed by atoms with Gasteiger partial charge in [0.2, 0.25) is 0 Å². The Balaban J connectivity index is 1.79.